The van der Waals surface area contributed by atoms with E-state index >= 15 is 0 Å². The van der Waals surface area contributed by atoms with Crippen LogP contribution in [0.2, 0.25) is 0 Å². The SMILES string of the molecule is COc1cccc(C23CCC(c4ccccc42)C2(C(=O)O)CNCC32)c1. The van der Waals surface area contributed by atoms with Gasteiger partial charge < -0.3 is 15.2 Å². The zero-order valence-electron chi connectivity index (χ0n) is 14.9. The third-order valence-electron chi connectivity index (χ3n) is 7.23. The number of carbonyl (C=O) groups is 1. The molecule has 0 aromatic heterocycles. The van der Waals surface area contributed by atoms with Gasteiger partial charge in [-0.3, -0.25) is 4.79 Å². The minimum atomic E-state index is -0.727. The van der Waals surface area contributed by atoms with Gasteiger partial charge in [-0.1, -0.05) is 36.4 Å². The smallest absolute Gasteiger partial charge is 0.311 e. The van der Waals surface area contributed by atoms with E-state index in [2.05, 4.69) is 35.6 Å². The fraction of sp³-hybridized carbons (Fsp3) is 0.409. The quantitative estimate of drug-likeness (QED) is 0.894. The van der Waals surface area contributed by atoms with Crippen LogP contribution in [-0.4, -0.2) is 31.3 Å². The number of hydrogen-bond donors (Lipinski definition) is 2. The van der Waals surface area contributed by atoms with E-state index in [-0.39, 0.29) is 17.3 Å². The topological polar surface area (TPSA) is 58.6 Å². The number of rotatable bonds is 3. The lowest BCUT2D eigenvalue weighted by molar-refractivity contribution is -0.157. The van der Waals surface area contributed by atoms with Crippen LogP contribution in [0, 0.1) is 11.3 Å². The van der Waals surface area contributed by atoms with Crippen molar-refractivity contribution in [3.63, 3.8) is 0 Å². The lowest BCUT2D eigenvalue weighted by atomic mass is 9.42. The van der Waals surface area contributed by atoms with Crippen LogP contribution in [0.5, 0.6) is 5.75 Å². The van der Waals surface area contributed by atoms with Crippen molar-refractivity contribution in [3.05, 3.63) is 65.2 Å². The Morgan fingerprint density at radius 3 is 2.88 bits per heavy atom. The summed E-state index contributed by atoms with van der Waals surface area (Å²) in [4.78, 5) is 12.6. The second kappa shape index (κ2) is 5.34. The minimum Gasteiger partial charge on any atom is -0.497 e. The molecule has 1 saturated heterocycles. The fourth-order valence-corrected chi connectivity index (χ4v) is 6.25. The third kappa shape index (κ3) is 1.71. The van der Waals surface area contributed by atoms with E-state index in [0.29, 0.717) is 6.54 Å². The zero-order valence-corrected chi connectivity index (χ0v) is 14.9. The standard InChI is InChI=1S/C22H23NO3/c1-26-15-6-4-5-14(11-15)21-10-9-18(16-7-2-3-8-17(16)21)22(20(24)25)13-23-12-19(21)22/h2-8,11,18-19,23H,9-10,12-13H2,1H3,(H,24,25). The number of carboxylic acids is 1. The average Bonchev–Trinajstić information content (AvgIpc) is 3.16. The molecule has 4 heteroatoms. The predicted molar refractivity (Wildman–Crippen MR) is 98.6 cm³/mol. The van der Waals surface area contributed by atoms with Crippen molar-refractivity contribution in [2.24, 2.45) is 11.3 Å². The molecule has 26 heavy (non-hydrogen) atoms. The fourth-order valence-electron chi connectivity index (χ4n) is 6.25. The number of ether oxygens (including phenoxy) is 1. The van der Waals surface area contributed by atoms with E-state index in [1.165, 1.54) is 16.7 Å². The summed E-state index contributed by atoms with van der Waals surface area (Å²) < 4.78 is 5.49. The van der Waals surface area contributed by atoms with Gasteiger partial charge in [-0.2, -0.15) is 0 Å². The molecule has 134 valence electrons. The first-order chi connectivity index (χ1) is 12.6. The number of nitrogens with one attached hydrogen (secondary N) is 1. The molecule has 4 unspecified atom stereocenters. The van der Waals surface area contributed by atoms with Gasteiger partial charge in [-0.15, -0.1) is 0 Å². The maximum atomic E-state index is 12.6. The molecule has 4 atom stereocenters. The van der Waals surface area contributed by atoms with Crippen LogP contribution in [0.4, 0.5) is 0 Å². The van der Waals surface area contributed by atoms with Crippen LogP contribution < -0.4 is 10.1 Å². The predicted octanol–water partition coefficient (Wildman–Crippen LogP) is 3.16. The maximum Gasteiger partial charge on any atom is 0.311 e. The molecule has 1 heterocycles. The second-order valence-electron chi connectivity index (χ2n) is 7.91. The van der Waals surface area contributed by atoms with Gasteiger partial charge in [0.2, 0.25) is 0 Å². The molecular weight excluding hydrogens is 326 g/mol. The Morgan fingerprint density at radius 1 is 1.23 bits per heavy atom. The largest absolute Gasteiger partial charge is 0.497 e. The summed E-state index contributed by atoms with van der Waals surface area (Å²) in [6.07, 6.45) is 1.90. The monoisotopic (exact) mass is 349 g/mol. The van der Waals surface area contributed by atoms with Gasteiger partial charge in [0.1, 0.15) is 5.75 Å². The molecular formula is C22H23NO3. The molecule has 0 radical (unpaired) electrons. The summed E-state index contributed by atoms with van der Waals surface area (Å²) in [5, 5.41) is 13.8. The van der Waals surface area contributed by atoms with Crippen molar-refractivity contribution in [2.75, 3.05) is 20.2 Å². The van der Waals surface area contributed by atoms with Gasteiger partial charge >= 0.3 is 5.97 Å². The second-order valence-corrected chi connectivity index (χ2v) is 7.91. The number of carboxylic acid groups (broad SMARTS) is 1. The van der Waals surface area contributed by atoms with E-state index in [1.807, 2.05) is 18.2 Å². The van der Waals surface area contributed by atoms with Gasteiger partial charge in [0.05, 0.1) is 12.5 Å². The molecule has 4 aliphatic rings. The Kier molecular flexibility index (Phi) is 3.26. The molecule has 0 spiro atoms. The number of fused-ring (bicyclic) bond motifs is 1. The molecule has 2 N–H and O–H groups in total. The van der Waals surface area contributed by atoms with Crippen molar-refractivity contribution in [2.45, 2.75) is 24.2 Å². The van der Waals surface area contributed by atoms with E-state index in [4.69, 9.17) is 4.74 Å². The summed E-state index contributed by atoms with van der Waals surface area (Å²) >= 11 is 0. The van der Waals surface area contributed by atoms with Crippen molar-refractivity contribution in [1.82, 2.24) is 5.32 Å². The molecule has 2 aromatic carbocycles. The summed E-state index contributed by atoms with van der Waals surface area (Å²) in [5.41, 5.74) is 2.72. The summed E-state index contributed by atoms with van der Waals surface area (Å²) in [5.74, 6) is 0.310. The van der Waals surface area contributed by atoms with E-state index < -0.39 is 11.4 Å². The third-order valence-corrected chi connectivity index (χ3v) is 7.23. The molecule has 1 saturated carbocycles. The molecule has 2 aromatic rings. The Bertz CT molecular complexity index is 894. The Hall–Kier alpha value is -2.33. The van der Waals surface area contributed by atoms with E-state index in [0.717, 1.165) is 25.1 Å². The first-order valence-electron chi connectivity index (χ1n) is 9.32. The van der Waals surface area contributed by atoms with Gasteiger partial charge in [0.15, 0.2) is 0 Å². The van der Waals surface area contributed by atoms with Crippen LogP contribution in [0.3, 0.4) is 0 Å². The van der Waals surface area contributed by atoms with Crippen LogP contribution in [0.15, 0.2) is 48.5 Å². The van der Waals surface area contributed by atoms with Crippen LogP contribution in [-0.2, 0) is 10.2 Å². The number of hydrogen-bond acceptors (Lipinski definition) is 3. The van der Waals surface area contributed by atoms with Gasteiger partial charge in [0, 0.05) is 30.3 Å². The van der Waals surface area contributed by atoms with Crippen molar-refractivity contribution < 1.29 is 14.6 Å². The highest BCUT2D eigenvalue weighted by atomic mass is 16.5. The van der Waals surface area contributed by atoms with Crippen molar-refractivity contribution in [1.29, 1.82) is 0 Å². The number of aliphatic carboxylic acids is 1. The molecule has 2 bridgehead atoms. The molecule has 6 rings (SSSR count). The van der Waals surface area contributed by atoms with E-state index in [1.54, 1.807) is 7.11 Å². The van der Waals surface area contributed by atoms with Gasteiger partial charge in [0.25, 0.3) is 0 Å². The highest BCUT2D eigenvalue weighted by Gasteiger charge is 2.68. The Morgan fingerprint density at radius 2 is 2.08 bits per heavy atom. The highest BCUT2D eigenvalue weighted by Crippen LogP contribution is 2.67. The van der Waals surface area contributed by atoms with Crippen LogP contribution in [0.1, 0.15) is 35.4 Å². The van der Waals surface area contributed by atoms with E-state index in [9.17, 15) is 9.90 Å². The zero-order chi connectivity index (χ0) is 17.9. The first kappa shape index (κ1) is 15.9. The van der Waals surface area contributed by atoms with Crippen molar-refractivity contribution in [3.8, 4) is 5.75 Å². The number of benzene rings is 2. The summed E-state index contributed by atoms with van der Waals surface area (Å²) in [6, 6.07) is 16.7. The number of methoxy groups -OCH3 is 1. The van der Waals surface area contributed by atoms with Crippen LogP contribution in [0.25, 0.3) is 0 Å². The molecule has 2 fully saturated rings. The molecule has 1 aliphatic heterocycles. The van der Waals surface area contributed by atoms with Crippen molar-refractivity contribution >= 4 is 5.97 Å². The highest BCUT2D eigenvalue weighted by molar-refractivity contribution is 5.80. The first-order valence-corrected chi connectivity index (χ1v) is 9.32. The minimum absolute atomic E-state index is 0.0493. The molecule has 0 amide bonds. The van der Waals surface area contributed by atoms with Crippen LogP contribution >= 0.6 is 0 Å². The van der Waals surface area contributed by atoms with Gasteiger partial charge in [-0.25, -0.2) is 0 Å². The molecule has 4 nitrogen and oxygen atoms in total. The Labute approximate surface area is 153 Å². The normalized spacial score (nSPS) is 34.2. The average molecular weight is 349 g/mol. The lowest BCUT2D eigenvalue weighted by Crippen LogP contribution is -2.60. The summed E-state index contributed by atoms with van der Waals surface area (Å²) in [6.45, 7) is 1.30. The molecule has 3 aliphatic carbocycles. The Balaban J connectivity index is 1.84. The van der Waals surface area contributed by atoms with Gasteiger partial charge in [-0.05, 0) is 41.7 Å². The summed E-state index contributed by atoms with van der Waals surface area (Å²) in [7, 11) is 1.68. The maximum absolute atomic E-state index is 12.6. The lowest BCUT2D eigenvalue weighted by Gasteiger charge is -2.59.